The highest BCUT2D eigenvalue weighted by molar-refractivity contribution is 7.85. The van der Waals surface area contributed by atoms with Crippen LogP contribution in [0.15, 0.2) is 18.2 Å². The van der Waals surface area contributed by atoms with Crippen molar-refractivity contribution in [2.45, 2.75) is 75.7 Å². The summed E-state index contributed by atoms with van der Waals surface area (Å²) in [4.78, 5) is 38.3. The van der Waals surface area contributed by atoms with Gasteiger partial charge in [-0.3, -0.25) is 9.59 Å². The van der Waals surface area contributed by atoms with Crippen LogP contribution in [0, 0.1) is 17.8 Å². The monoisotopic (exact) mass is 605 g/mol. The minimum atomic E-state index is -4.75. The molecule has 2 bridgehead atoms. The Kier molecular flexibility index (Phi) is 7.52. The Morgan fingerprint density at radius 2 is 1.83 bits per heavy atom. The summed E-state index contributed by atoms with van der Waals surface area (Å²) in [5, 5.41) is 0. The molecule has 0 amide bonds. The SMILES string of the molecule is CC(C)C1(Oc2cc(C(=O)OC3C4OC(=O)C5C4OC3C5C(=O)OCCS(=O)(=O)[O-])ccc2C(F)(F)F)CCCC1. The topological polar surface area (TPSA) is 155 Å². The van der Waals surface area contributed by atoms with Crippen LogP contribution in [0.25, 0.3) is 0 Å². The molecule has 226 valence electrons. The van der Waals surface area contributed by atoms with Gasteiger partial charge in [-0.05, 0) is 49.8 Å². The highest BCUT2D eigenvalue weighted by Crippen LogP contribution is 2.52. The summed E-state index contributed by atoms with van der Waals surface area (Å²) in [7, 11) is -4.67. The first-order chi connectivity index (χ1) is 19.1. The molecular weight excluding hydrogens is 577 g/mol. The average molecular weight is 606 g/mol. The Morgan fingerprint density at radius 3 is 2.44 bits per heavy atom. The summed E-state index contributed by atoms with van der Waals surface area (Å²) in [6.07, 6.45) is -6.54. The molecule has 11 nitrogen and oxygen atoms in total. The fourth-order valence-corrected chi connectivity index (χ4v) is 6.52. The van der Waals surface area contributed by atoms with Gasteiger partial charge in [0.05, 0.1) is 27.0 Å². The second kappa shape index (κ2) is 10.4. The van der Waals surface area contributed by atoms with Crippen LogP contribution in [0.2, 0.25) is 0 Å². The van der Waals surface area contributed by atoms with Crippen molar-refractivity contribution in [1.82, 2.24) is 0 Å². The van der Waals surface area contributed by atoms with E-state index in [1.807, 2.05) is 13.8 Å². The standard InChI is InChI=1S/C26H29F3O11S/c1-12(2)25(7-3-4-8-25)40-15-11-13(5-6-14(15)26(27,28)29)22(30)38-20-18-16(23(31)36-9-10-41(33,34)35)17-19(37-18)21(20)39-24(17)32/h5-6,11-12,16-21H,3-4,7-10H2,1-2H3,(H,33,34,35)/p-1. The van der Waals surface area contributed by atoms with Gasteiger partial charge in [-0.25, -0.2) is 13.2 Å². The Morgan fingerprint density at radius 1 is 1.15 bits per heavy atom. The van der Waals surface area contributed by atoms with Crippen LogP contribution >= 0.6 is 0 Å². The van der Waals surface area contributed by atoms with Crippen LogP contribution in [-0.2, 0) is 44.8 Å². The number of alkyl halides is 3. The average Bonchev–Trinajstić information content (AvgIpc) is 3.61. The minimum absolute atomic E-state index is 0.0942. The number of carbonyl (C=O) groups is 3. The summed E-state index contributed by atoms with van der Waals surface area (Å²) in [6, 6.07) is 2.66. The lowest BCUT2D eigenvalue weighted by Crippen LogP contribution is -2.48. The maximum Gasteiger partial charge on any atom is 0.419 e. The molecule has 3 saturated heterocycles. The molecule has 1 aromatic carbocycles. The minimum Gasteiger partial charge on any atom is -0.748 e. The number of hydrogen-bond donors (Lipinski definition) is 0. The summed E-state index contributed by atoms with van der Waals surface area (Å²) >= 11 is 0. The van der Waals surface area contributed by atoms with Gasteiger partial charge in [0.25, 0.3) is 0 Å². The number of benzene rings is 1. The Balaban J connectivity index is 1.37. The molecule has 3 heterocycles. The number of hydrogen-bond acceptors (Lipinski definition) is 11. The second-order valence-corrected chi connectivity index (χ2v) is 12.6. The van der Waals surface area contributed by atoms with Crippen LogP contribution in [0.4, 0.5) is 13.2 Å². The van der Waals surface area contributed by atoms with Crippen molar-refractivity contribution < 1.29 is 64.2 Å². The Labute approximate surface area is 233 Å². The van der Waals surface area contributed by atoms with Crippen molar-refractivity contribution in [2.75, 3.05) is 12.4 Å². The lowest BCUT2D eigenvalue weighted by molar-refractivity contribution is -0.155. The highest BCUT2D eigenvalue weighted by Gasteiger charge is 2.72. The maximum atomic E-state index is 13.9. The quantitative estimate of drug-likeness (QED) is 0.232. The maximum absolute atomic E-state index is 13.9. The van der Waals surface area contributed by atoms with Crippen molar-refractivity contribution in [2.24, 2.45) is 17.8 Å². The molecular formula is C26H28F3O11S-. The number of halogens is 3. The molecule has 4 aliphatic rings. The van der Waals surface area contributed by atoms with Gasteiger partial charge in [-0.1, -0.05) is 13.8 Å². The van der Waals surface area contributed by atoms with Gasteiger partial charge in [0, 0.05) is 0 Å². The normalized spacial score (nSPS) is 30.0. The van der Waals surface area contributed by atoms with E-state index in [0.717, 1.165) is 31.0 Å². The summed E-state index contributed by atoms with van der Waals surface area (Å²) in [5.41, 5.74) is -2.12. The number of rotatable bonds is 9. The Hall–Kier alpha value is -2.91. The summed E-state index contributed by atoms with van der Waals surface area (Å²) in [5.74, 6) is -6.87. The highest BCUT2D eigenvalue weighted by atomic mass is 32.2. The van der Waals surface area contributed by atoms with Crippen molar-refractivity contribution in [3.05, 3.63) is 29.3 Å². The van der Waals surface area contributed by atoms with Crippen molar-refractivity contribution in [1.29, 1.82) is 0 Å². The largest absolute Gasteiger partial charge is 0.748 e. The molecule has 41 heavy (non-hydrogen) atoms. The van der Waals surface area contributed by atoms with Crippen LogP contribution in [0.5, 0.6) is 5.75 Å². The molecule has 1 aliphatic carbocycles. The molecule has 0 N–H and O–H groups in total. The van der Waals surface area contributed by atoms with Crippen molar-refractivity contribution in [3.63, 3.8) is 0 Å². The zero-order valence-corrected chi connectivity index (χ0v) is 22.9. The third-order valence-electron chi connectivity index (χ3n) is 8.34. The summed E-state index contributed by atoms with van der Waals surface area (Å²) < 4.78 is 101. The van der Waals surface area contributed by atoms with E-state index in [1.54, 1.807) is 0 Å². The zero-order chi connectivity index (χ0) is 29.9. The molecule has 6 unspecified atom stereocenters. The van der Waals surface area contributed by atoms with Gasteiger partial charge in [-0.2, -0.15) is 13.2 Å². The number of carbonyl (C=O) groups excluding carboxylic acids is 3. The van der Waals surface area contributed by atoms with E-state index >= 15 is 0 Å². The van der Waals surface area contributed by atoms with E-state index in [2.05, 4.69) is 0 Å². The molecule has 0 aromatic heterocycles. The van der Waals surface area contributed by atoms with Gasteiger partial charge in [0.15, 0.2) is 12.2 Å². The third-order valence-corrected chi connectivity index (χ3v) is 9.00. The molecule has 0 radical (unpaired) electrons. The molecule has 4 fully saturated rings. The van der Waals surface area contributed by atoms with E-state index < -0.39 is 99.7 Å². The fraction of sp³-hybridized carbons (Fsp3) is 0.654. The van der Waals surface area contributed by atoms with Gasteiger partial charge in [0.1, 0.15) is 42.0 Å². The zero-order valence-electron chi connectivity index (χ0n) is 22.0. The van der Waals surface area contributed by atoms with Crippen LogP contribution < -0.4 is 4.74 Å². The van der Waals surface area contributed by atoms with Crippen LogP contribution in [0.3, 0.4) is 0 Å². The van der Waals surface area contributed by atoms with Crippen molar-refractivity contribution in [3.8, 4) is 5.75 Å². The first-order valence-corrected chi connectivity index (χ1v) is 14.8. The predicted octanol–water partition coefficient (Wildman–Crippen LogP) is 2.61. The van der Waals surface area contributed by atoms with Crippen LogP contribution in [0.1, 0.15) is 55.5 Å². The number of fused-ring (bicyclic) bond motifs is 1. The van der Waals surface area contributed by atoms with Gasteiger partial charge in [0.2, 0.25) is 0 Å². The Bertz CT molecular complexity index is 1340. The molecule has 6 atom stereocenters. The molecule has 1 saturated carbocycles. The van der Waals surface area contributed by atoms with E-state index in [-0.39, 0.29) is 11.5 Å². The predicted molar refractivity (Wildman–Crippen MR) is 128 cm³/mol. The van der Waals surface area contributed by atoms with Crippen LogP contribution in [-0.4, -0.2) is 73.3 Å². The molecule has 1 aromatic rings. The summed E-state index contributed by atoms with van der Waals surface area (Å²) in [6.45, 7) is 2.98. The third kappa shape index (κ3) is 5.50. The second-order valence-electron chi connectivity index (χ2n) is 11.1. The molecule has 3 aliphatic heterocycles. The van der Waals surface area contributed by atoms with E-state index in [9.17, 15) is 40.5 Å². The first kappa shape index (κ1) is 29.6. The fourth-order valence-electron chi connectivity index (χ4n) is 6.23. The van der Waals surface area contributed by atoms with E-state index in [0.29, 0.717) is 12.8 Å². The van der Waals surface area contributed by atoms with Gasteiger partial charge < -0.3 is 28.2 Å². The number of esters is 3. The molecule has 5 rings (SSSR count). The van der Waals surface area contributed by atoms with Gasteiger partial charge in [-0.15, -0.1) is 0 Å². The van der Waals surface area contributed by atoms with Crippen molar-refractivity contribution >= 4 is 28.0 Å². The van der Waals surface area contributed by atoms with Gasteiger partial charge >= 0.3 is 24.1 Å². The lowest BCUT2D eigenvalue weighted by Gasteiger charge is -2.35. The lowest BCUT2D eigenvalue weighted by atomic mass is 9.78. The first-order valence-electron chi connectivity index (χ1n) is 13.2. The van der Waals surface area contributed by atoms with E-state index in [1.165, 1.54) is 0 Å². The van der Waals surface area contributed by atoms with E-state index in [4.69, 9.17) is 23.7 Å². The molecule has 15 heteroatoms. The molecule has 0 spiro atoms. The smallest absolute Gasteiger partial charge is 0.419 e. The number of ether oxygens (including phenoxy) is 5.